The van der Waals surface area contributed by atoms with Crippen molar-refractivity contribution in [3.05, 3.63) is 35.4 Å². The summed E-state index contributed by atoms with van der Waals surface area (Å²) in [5.41, 5.74) is 8.98. The van der Waals surface area contributed by atoms with Crippen LogP contribution in [0.25, 0.3) is 0 Å². The second-order valence-electron chi connectivity index (χ2n) is 5.98. The van der Waals surface area contributed by atoms with Gasteiger partial charge in [-0.15, -0.1) is 24.0 Å². The number of fused-ring (bicyclic) bond motifs is 3. The third kappa shape index (κ3) is 3.51. The summed E-state index contributed by atoms with van der Waals surface area (Å²) < 4.78 is 5.07. The van der Waals surface area contributed by atoms with Gasteiger partial charge in [-0.25, -0.2) is 0 Å². The molecule has 0 aliphatic heterocycles. The van der Waals surface area contributed by atoms with Gasteiger partial charge in [0.1, 0.15) is 0 Å². The fraction of sp³-hybridized carbons (Fsp3) is 0.562. The molecule has 2 aliphatic rings. The molecule has 0 spiro atoms. The van der Waals surface area contributed by atoms with Crippen LogP contribution in [0.1, 0.15) is 24.0 Å². The first kappa shape index (κ1) is 16.5. The molecule has 0 aromatic heterocycles. The van der Waals surface area contributed by atoms with Gasteiger partial charge in [-0.3, -0.25) is 4.99 Å². The minimum Gasteiger partial charge on any atom is -0.383 e. The molecule has 5 heteroatoms. The molecule has 2 aliphatic carbocycles. The molecule has 3 rings (SSSR count). The summed E-state index contributed by atoms with van der Waals surface area (Å²) in [4.78, 5) is 4.49. The molecule has 1 aromatic rings. The maximum absolute atomic E-state index is 5.91. The van der Waals surface area contributed by atoms with Crippen molar-refractivity contribution in [1.29, 1.82) is 0 Å². The van der Waals surface area contributed by atoms with Gasteiger partial charge in [-0.05, 0) is 42.2 Å². The molecule has 1 fully saturated rings. The maximum atomic E-state index is 5.91. The minimum absolute atomic E-state index is 0. The van der Waals surface area contributed by atoms with Crippen molar-refractivity contribution < 1.29 is 4.74 Å². The average Bonchev–Trinajstić information content (AvgIpc) is 2.96. The number of nitrogens with two attached hydrogens (primary N) is 1. The molecule has 21 heavy (non-hydrogen) atoms. The number of nitrogens with one attached hydrogen (secondary N) is 1. The van der Waals surface area contributed by atoms with Gasteiger partial charge in [-0.1, -0.05) is 24.3 Å². The number of benzene rings is 1. The average molecular weight is 401 g/mol. The quantitative estimate of drug-likeness (QED) is 0.452. The van der Waals surface area contributed by atoms with Crippen LogP contribution in [-0.2, 0) is 11.2 Å². The molecule has 4 nitrogen and oxygen atoms in total. The number of hydrogen-bond acceptors (Lipinski definition) is 2. The summed E-state index contributed by atoms with van der Waals surface area (Å²) in [6.07, 6.45) is 1.22. The fourth-order valence-electron chi connectivity index (χ4n) is 3.53. The van der Waals surface area contributed by atoms with Crippen LogP contribution in [-0.4, -0.2) is 32.3 Å². The highest BCUT2D eigenvalue weighted by molar-refractivity contribution is 14.0. The topological polar surface area (TPSA) is 59.6 Å². The number of nitrogens with zero attached hydrogens (tertiary/aromatic N) is 1. The summed E-state index contributed by atoms with van der Waals surface area (Å²) in [6.45, 7) is 3.51. The highest BCUT2D eigenvalue weighted by atomic mass is 127. The Morgan fingerprint density at radius 3 is 3.00 bits per heavy atom. The van der Waals surface area contributed by atoms with E-state index in [1.54, 1.807) is 7.11 Å². The van der Waals surface area contributed by atoms with Gasteiger partial charge < -0.3 is 15.8 Å². The Kier molecular flexibility index (Phi) is 5.48. The largest absolute Gasteiger partial charge is 0.383 e. The van der Waals surface area contributed by atoms with Crippen LogP contribution in [0.2, 0.25) is 0 Å². The number of guanidine groups is 1. The second kappa shape index (κ2) is 6.96. The van der Waals surface area contributed by atoms with E-state index in [-0.39, 0.29) is 30.0 Å². The first-order valence-electron chi connectivity index (χ1n) is 7.34. The van der Waals surface area contributed by atoms with Crippen LogP contribution in [0.5, 0.6) is 0 Å². The molecule has 116 valence electrons. The van der Waals surface area contributed by atoms with E-state index in [1.165, 1.54) is 17.5 Å². The van der Waals surface area contributed by atoms with Gasteiger partial charge in [0.2, 0.25) is 0 Å². The first-order chi connectivity index (χ1) is 9.70. The lowest BCUT2D eigenvalue weighted by atomic mass is 10.0. The number of hydrogen-bond donors (Lipinski definition) is 2. The number of halogens is 1. The summed E-state index contributed by atoms with van der Waals surface area (Å²) in [5, 5.41) is 3.15. The second-order valence-corrected chi connectivity index (χ2v) is 5.98. The predicted molar refractivity (Wildman–Crippen MR) is 96.2 cm³/mol. The Hall–Kier alpha value is -0.820. The third-order valence-corrected chi connectivity index (χ3v) is 4.48. The fourth-order valence-corrected chi connectivity index (χ4v) is 3.53. The van der Waals surface area contributed by atoms with Crippen LogP contribution >= 0.6 is 24.0 Å². The van der Waals surface area contributed by atoms with E-state index in [9.17, 15) is 0 Å². The molecule has 0 amide bonds. The van der Waals surface area contributed by atoms with Gasteiger partial charge in [0.05, 0.1) is 6.61 Å². The van der Waals surface area contributed by atoms with Crippen molar-refractivity contribution >= 4 is 29.9 Å². The molecule has 0 saturated heterocycles. The van der Waals surface area contributed by atoms with Crippen LogP contribution in [0.15, 0.2) is 29.3 Å². The zero-order valence-electron chi connectivity index (χ0n) is 12.6. The monoisotopic (exact) mass is 401 g/mol. The summed E-state index contributed by atoms with van der Waals surface area (Å²) in [5.74, 6) is 2.73. The highest BCUT2D eigenvalue weighted by Gasteiger charge is 2.54. The van der Waals surface area contributed by atoms with E-state index < -0.39 is 0 Å². The van der Waals surface area contributed by atoms with Gasteiger partial charge in [0.15, 0.2) is 5.96 Å². The summed E-state index contributed by atoms with van der Waals surface area (Å²) >= 11 is 0. The van der Waals surface area contributed by atoms with Crippen molar-refractivity contribution in [1.82, 2.24) is 5.32 Å². The number of aliphatic imine (C=N–C) groups is 1. The first-order valence-corrected chi connectivity index (χ1v) is 7.34. The summed E-state index contributed by atoms with van der Waals surface area (Å²) in [6, 6.07) is 9.00. The molecule has 4 unspecified atom stereocenters. The molecule has 4 atom stereocenters. The lowest BCUT2D eigenvalue weighted by Gasteiger charge is -2.13. The molecule has 0 radical (unpaired) electrons. The predicted octanol–water partition coefficient (Wildman–Crippen LogP) is 2.13. The summed E-state index contributed by atoms with van der Waals surface area (Å²) in [7, 11) is 1.69. The molecule has 3 N–H and O–H groups in total. The lowest BCUT2D eigenvalue weighted by Crippen LogP contribution is -2.40. The van der Waals surface area contributed by atoms with E-state index in [4.69, 9.17) is 10.5 Å². The molecule has 0 bridgehead atoms. The van der Waals surface area contributed by atoms with Crippen LogP contribution in [0.3, 0.4) is 0 Å². The zero-order valence-corrected chi connectivity index (χ0v) is 14.9. The van der Waals surface area contributed by atoms with Crippen LogP contribution in [0, 0.1) is 11.8 Å². The van der Waals surface area contributed by atoms with E-state index in [1.807, 2.05) is 6.92 Å². The van der Waals surface area contributed by atoms with Crippen molar-refractivity contribution in [3.63, 3.8) is 0 Å². The smallest absolute Gasteiger partial charge is 0.188 e. The zero-order chi connectivity index (χ0) is 14.1. The highest BCUT2D eigenvalue weighted by Crippen LogP contribution is 2.61. The molecule has 1 saturated carbocycles. The van der Waals surface area contributed by atoms with Crippen LogP contribution in [0.4, 0.5) is 0 Å². The van der Waals surface area contributed by atoms with Crippen molar-refractivity contribution in [2.45, 2.75) is 25.3 Å². The Labute approximate surface area is 143 Å². The molecular formula is C16H24IN3O. The molecular weight excluding hydrogens is 377 g/mol. The Morgan fingerprint density at radius 2 is 2.24 bits per heavy atom. The maximum Gasteiger partial charge on any atom is 0.188 e. The number of ether oxygens (including phenoxy) is 1. The normalized spacial score (nSPS) is 27.3. The molecule has 1 aromatic carbocycles. The van der Waals surface area contributed by atoms with Gasteiger partial charge in [-0.2, -0.15) is 0 Å². The standard InChI is InChI=1S/C16H23N3O.HI/c1-10(9-20-2)19-16(17)18-8-14-13-7-11-5-3-4-6-12(11)15(13)14;/h3-6,10,13-15H,7-9H2,1-2H3,(H3,17,18,19);1H. The van der Waals surface area contributed by atoms with Gasteiger partial charge in [0, 0.05) is 19.7 Å². The van der Waals surface area contributed by atoms with Crippen molar-refractivity contribution in [3.8, 4) is 0 Å². The van der Waals surface area contributed by atoms with E-state index >= 15 is 0 Å². The number of methoxy groups -OCH3 is 1. The van der Waals surface area contributed by atoms with Crippen LogP contribution < -0.4 is 11.1 Å². The Bertz CT molecular complexity index is 520. The Morgan fingerprint density at radius 1 is 1.48 bits per heavy atom. The SMILES string of the molecule is COCC(C)NC(N)=NCC1C2Cc3ccccc3C12.I. The van der Waals surface area contributed by atoms with E-state index in [0.29, 0.717) is 18.5 Å². The van der Waals surface area contributed by atoms with E-state index in [2.05, 4.69) is 34.6 Å². The van der Waals surface area contributed by atoms with Gasteiger partial charge >= 0.3 is 0 Å². The lowest BCUT2D eigenvalue weighted by molar-refractivity contribution is 0.179. The molecule has 0 heterocycles. The minimum atomic E-state index is 0. The Balaban J connectivity index is 0.00000161. The third-order valence-electron chi connectivity index (χ3n) is 4.48. The number of rotatable bonds is 5. The van der Waals surface area contributed by atoms with Crippen molar-refractivity contribution in [2.24, 2.45) is 22.6 Å². The van der Waals surface area contributed by atoms with Crippen molar-refractivity contribution in [2.75, 3.05) is 20.3 Å². The van der Waals surface area contributed by atoms with Gasteiger partial charge in [0.25, 0.3) is 0 Å². The van der Waals surface area contributed by atoms with E-state index in [0.717, 1.165) is 18.4 Å².